The Labute approximate surface area is 365 Å². The summed E-state index contributed by atoms with van der Waals surface area (Å²) >= 11 is 1.87. The summed E-state index contributed by atoms with van der Waals surface area (Å²) in [5.41, 5.74) is 16.5. The molecule has 0 amide bonds. The topological polar surface area (TPSA) is 25.8 Å². The van der Waals surface area contributed by atoms with Crippen molar-refractivity contribution in [1.29, 1.82) is 0 Å². The Balaban J connectivity index is 1.06. The summed E-state index contributed by atoms with van der Waals surface area (Å²) in [7, 11) is 0. The van der Waals surface area contributed by atoms with Crippen molar-refractivity contribution < 1.29 is 0 Å². The van der Waals surface area contributed by atoms with Crippen LogP contribution < -0.4 is 0 Å². The molecule has 1 aliphatic rings. The van der Waals surface area contributed by atoms with Gasteiger partial charge < -0.3 is 0 Å². The minimum Gasteiger partial charge on any atom is -0.228 e. The first-order valence-electron chi connectivity index (χ1n) is 21.2. The van der Waals surface area contributed by atoms with Crippen LogP contribution >= 0.6 is 11.3 Å². The van der Waals surface area contributed by atoms with Gasteiger partial charge in [-0.25, -0.2) is 9.97 Å². The summed E-state index contributed by atoms with van der Waals surface area (Å²) in [4.78, 5) is 10.8. The predicted octanol–water partition coefficient (Wildman–Crippen LogP) is 15.5. The molecule has 9 aromatic carbocycles. The smallest absolute Gasteiger partial charge is 0.160 e. The fourth-order valence-corrected chi connectivity index (χ4v) is 11.2. The molecule has 0 fully saturated rings. The standard InChI is InChI=1S/C59H38N2S/c1-4-19-39(20-5-1)58-60-53(46-28-11-10-27-44(46)40-21-16-22-41(37-40)45-31-17-32-48-47-29-13-15-36-55(47)62-57(45)48)38-54(61-58)50-33-18-35-52-56(50)49-30-12-14-34-51(49)59(52,42-23-6-2-7-24-42)43-25-8-3-9-26-43/h1-38H. The molecular formula is C59H38N2S. The fourth-order valence-electron chi connectivity index (χ4n) is 9.93. The number of fused-ring (bicyclic) bond motifs is 6. The molecule has 2 nitrogen and oxygen atoms in total. The minimum absolute atomic E-state index is 0.514. The van der Waals surface area contributed by atoms with E-state index in [9.17, 15) is 0 Å². The van der Waals surface area contributed by atoms with E-state index in [1.807, 2.05) is 17.4 Å². The van der Waals surface area contributed by atoms with Gasteiger partial charge in [0.1, 0.15) is 0 Å². The van der Waals surface area contributed by atoms with Gasteiger partial charge in [0, 0.05) is 36.9 Å². The molecule has 0 spiro atoms. The number of aromatic nitrogens is 2. The third kappa shape index (κ3) is 5.70. The second-order valence-corrected chi connectivity index (χ2v) is 17.0. The molecule has 0 N–H and O–H groups in total. The Morgan fingerprint density at radius 2 is 0.839 bits per heavy atom. The van der Waals surface area contributed by atoms with E-state index in [4.69, 9.17) is 9.97 Å². The number of rotatable bonds is 7. The van der Waals surface area contributed by atoms with Gasteiger partial charge in [-0.1, -0.05) is 212 Å². The molecule has 12 rings (SSSR count). The molecule has 2 aromatic heterocycles. The van der Waals surface area contributed by atoms with Crippen LogP contribution in [0.3, 0.4) is 0 Å². The highest BCUT2D eigenvalue weighted by atomic mass is 32.1. The van der Waals surface area contributed by atoms with E-state index in [1.165, 1.54) is 64.7 Å². The van der Waals surface area contributed by atoms with Gasteiger partial charge in [-0.05, 0) is 73.8 Å². The first-order valence-corrected chi connectivity index (χ1v) is 22.0. The Morgan fingerprint density at radius 3 is 1.60 bits per heavy atom. The Hall–Kier alpha value is -7.72. The Morgan fingerprint density at radius 1 is 0.339 bits per heavy atom. The zero-order valence-electron chi connectivity index (χ0n) is 33.7. The van der Waals surface area contributed by atoms with Gasteiger partial charge in [0.25, 0.3) is 0 Å². The zero-order chi connectivity index (χ0) is 41.0. The van der Waals surface area contributed by atoms with Crippen molar-refractivity contribution in [3.05, 3.63) is 253 Å². The van der Waals surface area contributed by atoms with E-state index >= 15 is 0 Å². The number of hydrogen-bond acceptors (Lipinski definition) is 3. The molecule has 0 saturated heterocycles. The average Bonchev–Trinajstić information content (AvgIpc) is 3.89. The van der Waals surface area contributed by atoms with Crippen LogP contribution in [0, 0.1) is 0 Å². The van der Waals surface area contributed by atoms with Crippen LogP contribution in [-0.2, 0) is 5.41 Å². The van der Waals surface area contributed by atoms with E-state index in [-0.39, 0.29) is 0 Å². The third-order valence-corrected chi connectivity index (χ3v) is 13.8. The zero-order valence-corrected chi connectivity index (χ0v) is 34.6. The summed E-state index contributed by atoms with van der Waals surface area (Å²) in [5.74, 6) is 0.694. The molecule has 2 heterocycles. The summed E-state index contributed by atoms with van der Waals surface area (Å²) in [6.07, 6.45) is 0. The molecule has 0 atom stereocenters. The number of nitrogens with zero attached hydrogens (tertiary/aromatic N) is 2. The Kier molecular flexibility index (Phi) is 8.62. The molecule has 3 heteroatoms. The van der Waals surface area contributed by atoms with Gasteiger partial charge in [0.05, 0.1) is 16.8 Å². The van der Waals surface area contributed by atoms with Crippen LogP contribution in [0.5, 0.6) is 0 Å². The van der Waals surface area contributed by atoms with Crippen molar-refractivity contribution in [2.45, 2.75) is 5.41 Å². The molecule has 0 radical (unpaired) electrons. The van der Waals surface area contributed by atoms with Gasteiger partial charge in [0.2, 0.25) is 0 Å². The maximum Gasteiger partial charge on any atom is 0.160 e. The maximum atomic E-state index is 5.44. The minimum atomic E-state index is -0.514. The molecule has 62 heavy (non-hydrogen) atoms. The summed E-state index contributed by atoms with van der Waals surface area (Å²) in [6.45, 7) is 0. The van der Waals surface area contributed by atoms with Gasteiger partial charge in [-0.2, -0.15) is 0 Å². The average molecular weight is 807 g/mol. The van der Waals surface area contributed by atoms with Gasteiger partial charge >= 0.3 is 0 Å². The van der Waals surface area contributed by atoms with Crippen molar-refractivity contribution in [2.75, 3.05) is 0 Å². The normalized spacial score (nSPS) is 12.6. The summed E-state index contributed by atoms with van der Waals surface area (Å²) < 4.78 is 2.62. The molecule has 0 bridgehead atoms. The van der Waals surface area contributed by atoms with Gasteiger partial charge in [-0.3, -0.25) is 0 Å². The van der Waals surface area contributed by atoms with Crippen LogP contribution in [0.4, 0.5) is 0 Å². The van der Waals surface area contributed by atoms with E-state index in [1.54, 1.807) is 0 Å². The van der Waals surface area contributed by atoms with Crippen molar-refractivity contribution in [3.8, 4) is 67.3 Å². The van der Waals surface area contributed by atoms with E-state index in [2.05, 4.69) is 224 Å². The van der Waals surface area contributed by atoms with Gasteiger partial charge in [0.15, 0.2) is 5.82 Å². The first-order chi connectivity index (χ1) is 30.8. The number of thiophene rings is 1. The van der Waals surface area contributed by atoms with E-state index in [0.29, 0.717) is 5.82 Å². The lowest BCUT2D eigenvalue weighted by molar-refractivity contribution is 0.768. The largest absolute Gasteiger partial charge is 0.228 e. The van der Waals surface area contributed by atoms with Crippen molar-refractivity contribution in [1.82, 2.24) is 9.97 Å². The van der Waals surface area contributed by atoms with Crippen LogP contribution in [0.15, 0.2) is 231 Å². The Bertz CT molecular complexity index is 3420. The molecule has 290 valence electrons. The molecule has 1 aliphatic carbocycles. The lowest BCUT2D eigenvalue weighted by atomic mass is 9.67. The quantitative estimate of drug-likeness (QED) is 0.160. The fraction of sp³-hybridized carbons (Fsp3) is 0.0169. The van der Waals surface area contributed by atoms with E-state index < -0.39 is 5.41 Å². The van der Waals surface area contributed by atoms with E-state index in [0.717, 1.165) is 39.2 Å². The first kappa shape index (κ1) is 36.2. The number of hydrogen-bond donors (Lipinski definition) is 0. The predicted molar refractivity (Wildman–Crippen MR) is 259 cm³/mol. The molecule has 0 saturated carbocycles. The lowest BCUT2D eigenvalue weighted by Crippen LogP contribution is -2.28. The summed E-state index contributed by atoms with van der Waals surface area (Å²) in [5, 5.41) is 2.61. The van der Waals surface area contributed by atoms with Crippen LogP contribution in [-0.4, -0.2) is 9.97 Å². The van der Waals surface area contributed by atoms with Crippen molar-refractivity contribution >= 4 is 31.5 Å². The highest BCUT2D eigenvalue weighted by molar-refractivity contribution is 7.26. The van der Waals surface area contributed by atoms with Gasteiger partial charge in [-0.15, -0.1) is 11.3 Å². The number of benzene rings is 9. The van der Waals surface area contributed by atoms with Crippen molar-refractivity contribution in [2.24, 2.45) is 0 Å². The molecule has 0 aliphatic heterocycles. The molecule has 11 aromatic rings. The SMILES string of the molecule is c1ccc(-c2nc(-c3ccccc3-c3cccc(-c4cccc5c4sc4ccccc45)c3)cc(-c3cccc4c3-c3ccccc3C4(c3ccccc3)c3ccccc3)n2)cc1. The van der Waals surface area contributed by atoms with Crippen LogP contribution in [0.1, 0.15) is 22.3 Å². The third-order valence-electron chi connectivity index (χ3n) is 12.6. The maximum absolute atomic E-state index is 5.44. The van der Waals surface area contributed by atoms with Crippen molar-refractivity contribution in [3.63, 3.8) is 0 Å². The molecule has 0 unspecified atom stereocenters. The monoisotopic (exact) mass is 806 g/mol. The summed E-state index contributed by atoms with van der Waals surface area (Å²) in [6, 6.07) is 83.3. The lowest BCUT2D eigenvalue weighted by Gasteiger charge is -2.33. The molecular weight excluding hydrogens is 769 g/mol. The highest BCUT2D eigenvalue weighted by Gasteiger charge is 2.46. The second-order valence-electron chi connectivity index (χ2n) is 16.0. The second kappa shape index (κ2) is 14.8. The van der Waals surface area contributed by atoms with Crippen LogP contribution in [0.25, 0.3) is 87.5 Å². The van der Waals surface area contributed by atoms with Crippen LogP contribution in [0.2, 0.25) is 0 Å². The highest BCUT2D eigenvalue weighted by Crippen LogP contribution is 2.58.